The van der Waals surface area contributed by atoms with Crippen molar-refractivity contribution in [2.24, 2.45) is 0 Å². The fourth-order valence-electron chi connectivity index (χ4n) is 3.74. The van der Waals surface area contributed by atoms with Crippen LogP contribution < -0.4 is 4.74 Å². The van der Waals surface area contributed by atoms with Crippen molar-refractivity contribution in [1.29, 1.82) is 0 Å². The first-order valence-electron chi connectivity index (χ1n) is 8.93. The van der Waals surface area contributed by atoms with Crippen molar-refractivity contribution in [1.82, 2.24) is 19.6 Å². The number of amides is 2. The summed E-state index contributed by atoms with van der Waals surface area (Å²) in [4.78, 5) is 27.9. The van der Waals surface area contributed by atoms with Gasteiger partial charge in [-0.15, -0.1) is 0 Å². The summed E-state index contributed by atoms with van der Waals surface area (Å²) in [7, 11) is 3.34. The summed E-state index contributed by atoms with van der Waals surface area (Å²) in [5.74, 6) is 0.621. The van der Waals surface area contributed by atoms with Gasteiger partial charge in [-0.25, -0.2) is 9.48 Å². The largest absolute Gasteiger partial charge is 0.494 e. The topological polar surface area (TPSA) is 76.9 Å². The number of hydrogen-bond acceptors (Lipinski definition) is 5. The number of aromatic nitrogens is 2. The highest BCUT2D eigenvalue weighted by Gasteiger charge is 2.46. The van der Waals surface area contributed by atoms with Gasteiger partial charge >= 0.3 is 6.09 Å². The van der Waals surface area contributed by atoms with E-state index in [2.05, 4.69) is 5.10 Å². The molecule has 0 bridgehead atoms. The van der Waals surface area contributed by atoms with Crippen molar-refractivity contribution >= 4 is 12.0 Å². The Hall–Kier alpha value is -3.03. The Bertz CT molecular complexity index is 870. The smallest absolute Gasteiger partial charge is 0.410 e. The second-order valence-electron chi connectivity index (χ2n) is 7.04. The molecule has 0 N–H and O–H groups in total. The first-order chi connectivity index (χ1) is 13.0. The van der Waals surface area contributed by atoms with Gasteiger partial charge in [-0.05, 0) is 12.1 Å². The fraction of sp³-hybridized carbons (Fsp3) is 0.421. The number of para-hydroxylation sites is 2. The van der Waals surface area contributed by atoms with E-state index in [1.807, 2.05) is 24.3 Å². The van der Waals surface area contributed by atoms with Crippen molar-refractivity contribution in [2.45, 2.75) is 18.4 Å². The average molecular weight is 370 g/mol. The highest BCUT2D eigenvalue weighted by Crippen LogP contribution is 2.33. The molecular formula is C19H22N4O4. The molecule has 1 spiro atoms. The van der Waals surface area contributed by atoms with E-state index in [-0.39, 0.29) is 12.0 Å². The maximum Gasteiger partial charge on any atom is 0.410 e. The molecule has 2 aliphatic heterocycles. The Morgan fingerprint density at radius 1 is 1.26 bits per heavy atom. The molecule has 8 nitrogen and oxygen atoms in total. The SMILES string of the molecule is COc1ccccc1-n1cc(C(=O)N2CCC3(CC2)CN(C)C(=O)O3)cn1. The van der Waals surface area contributed by atoms with E-state index in [1.54, 1.807) is 41.0 Å². The molecule has 1 aromatic carbocycles. The zero-order valence-electron chi connectivity index (χ0n) is 15.4. The molecule has 27 heavy (non-hydrogen) atoms. The van der Waals surface area contributed by atoms with Crippen LogP contribution in [0.1, 0.15) is 23.2 Å². The van der Waals surface area contributed by atoms with Gasteiger partial charge in [0.05, 0.1) is 25.4 Å². The molecule has 1 aromatic heterocycles. The number of ether oxygens (including phenoxy) is 2. The van der Waals surface area contributed by atoms with Gasteiger partial charge in [0.25, 0.3) is 5.91 Å². The van der Waals surface area contributed by atoms with Gasteiger partial charge in [0.2, 0.25) is 0 Å². The van der Waals surface area contributed by atoms with Crippen LogP contribution in [0.15, 0.2) is 36.7 Å². The number of carbonyl (C=O) groups is 2. The number of piperidine rings is 1. The molecule has 2 amide bonds. The summed E-state index contributed by atoms with van der Waals surface area (Å²) < 4.78 is 12.5. The van der Waals surface area contributed by atoms with Crippen LogP contribution in [0.4, 0.5) is 4.79 Å². The number of likely N-dealkylation sites (N-methyl/N-ethyl adjacent to an activating group) is 1. The van der Waals surface area contributed by atoms with Crippen molar-refractivity contribution < 1.29 is 19.1 Å². The van der Waals surface area contributed by atoms with Gasteiger partial charge in [0.15, 0.2) is 0 Å². The summed E-state index contributed by atoms with van der Waals surface area (Å²) in [6, 6.07) is 7.51. The molecule has 0 aliphatic carbocycles. The molecule has 3 heterocycles. The summed E-state index contributed by atoms with van der Waals surface area (Å²) in [6.45, 7) is 1.69. The summed E-state index contributed by atoms with van der Waals surface area (Å²) in [5, 5.41) is 4.31. The fourth-order valence-corrected chi connectivity index (χ4v) is 3.74. The maximum absolute atomic E-state index is 12.9. The molecular weight excluding hydrogens is 348 g/mol. The van der Waals surface area contributed by atoms with Crippen LogP contribution >= 0.6 is 0 Å². The van der Waals surface area contributed by atoms with Crippen LogP contribution in [0, 0.1) is 0 Å². The van der Waals surface area contributed by atoms with E-state index in [4.69, 9.17) is 9.47 Å². The number of likely N-dealkylation sites (tertiary alicyclic amines) is 1. The third-order valence-corrected chi connectivity index (χ3v) is 5.26. The zero-order valence-corrected chi connectivity index (χ0v) is 15.4. The molecule has 8 heteroatoms. The highest BCUT2D eigenvalue weighted by molar-refractivity contribution is 5.94. The predicted molar refractivity (Wildman–Crippen MR) is 97.1 cm³/mol. The number of benzene rings is 1. The number of nitrogens with zero attached hydrogens (tertiary/aromatic N) is 4. The second-order valence-corrected chi connectivity index (χ2v) is 7.04. The quantitative estimate of drug-likeness (QED) is 0.825. The molecule has 0 unspecified atom stereocenters. The lowest BCUT2D eigenvalue weighted by Crippen LogP contribution is -2.48. The number of methoxy groups -OCH3 is 1. The third-order valence-electron chi connectivity index (χ3n) is 5.26. The normalized spacial score (nSPS) is 18.7. The third kappa shape index (κ3) is 3.11. The van der Waals surface area contributed by atoms with Gasteiger partial charge in [0.1, 0.15) is 17.0 Å². The number of rotatable bonds is 3. The van der Waals surface area contributed by atoms with Crippen LogP contribution in [0.25, 0.3) is 5.69 Å². The molecule has 142 valence electrons. The predicted octanol–water partition coefficient (Wildman–Crippen LogP) is 1.94. The Labute approximate surface area is 157 Å². The average Bonchev–Trinajstić information content (AvgIpc) is 3.27. The van der Waals surface area contributed by atoms with Gasteiger partial charge < -0.3 is 19.3 Å². The van der Waals surface area contributed by atoms with Gasteiger partial charge in [-0.2, -0.15) is 5.10 Å². The lowest BCUT2D eigenvalue weighted by molar-refractivity contribution is 0.00317. The molecule has 2 aliphatic rings. The van der Waals surface area contributed by atoms with Crippen molar-refractivity contribution in [3.8, 4) is 11.4 Å². The van der Waals surface area contributed by atoms with Crippen LogP contribution in [-0.4, -0.2) is 71.0 Å². The molecule has 0 atom stereocenters. The van der Waals surface area contributed by atoms with Crippen LogP contribution in [-0.2, 0) is 4.74 Å². The Morgan fingerprint density at radius 3 is 2.67 bits per heavy atom. The van der Waals surface area contributed by atoms with Crippen LogP contribution in [0.3, 0.4) is 0 Å². The first-order valence-corrected chi connectivity index (χ1v) is 8.93. The van der Waals surface area contributed by atoms with Crippen LogP contribution in [0.5, 0.6) is 5.75 Å². The number of hydrogen-bond donors (Lipinski definition) is 0. The van der Waals surface area contributed by atoms with Gasteiger partial charge in [0, 0.05) is 39.2 Å². The Morgan fingerprint density at radius 2 is 2.00 bits per heavy atom. The van der Waals surface area contributed by atoms with E-state index in [0.717, 1.165) is 5.69 Å². The van der Waals surface area contributed by atoms with E-state index in [9.17, 15) is 9.59 Å². The summed E-state index contributed by atoms with van der Waals surface area (Å²) in [6.07, 6.45) is 4.30. The minimum Gasteiger partial charge on any atom is -0.494 e. The lowest BCUT2D eigenvalue weighted by Gasteiger charge is -2.37. The van der Waals surface area contributed by atoms with E-state index in [0.29, 0.717) is 43.8 Å². The molecule has 2 fully saturated rings. The minimum atomic E-state index is -0.454. The highest BCUT2D eigenvalue weighted by atomic mass is 16.6. The standard InChI is InChI=1S/C19H22N4O4/c1-21-13-19(27-18(21)25)7-9-22(10-8-19)17(24)14-11-20-23(12-14)15-5-3-4-6-16(15)26-2/h3-6,11-12H,7-10,13H2,1-2H3. The Balaban J connectivity index is 1.46. The maximum atomic E-state index is 12.9. The minimum absolute atomic E-state index is 0.0660. The second kappa shape index (κ2) is 6.61. The Kier molecular flexibility index (Phi) is 4.25. The summed E-state index contributed by atoms with van der Waals surface area (Å²) >= 11 is 0. The van der Waals surface area contributed by atoms with E-state index >= 15 is 0 Å². The molecule has 2 saturated heterocycles. The van der Waals surface area contributed by atoms with Gasteiger partial charge in [-0.3, -0.25) is 4.79 Å². The lowest BCUT2D eigenvalue weighted by atomic mass is 9.91. The number of carbonyl (C=O) groups excluding carboxylic acids is 2. The zero-order chi connectivity index (χ0) is 19.0. The molecule has 0 radical (unpaired) electrons. The first kappa shape index (κ1) is 17.4. The monoisotopic (exact) mass is 370 g/mol. The molecule has 0 saturated carbocycles. The van der Waals surface area contributed by atoms with Crippen molar-refractivity contribution in [2.75, 3.05) is 33.8 Å². The molecule has 2 aromatic rings. The van der Waals surface area contributed by atoms with Gasteiger partial charge in [-0.1, -0.05) is 12.1 Å². The van der Waals surface area contributed by atoms with Crippen LogP contribution in [0.2, 0.25) is 0 Å². The van der Waals surface area contributed by atoms with E-state index in [1.165, 1.54) is 0 Å². The summed E-state index contributed by atoms with van der Waals surface area (Å²) in [5.41, 5.74) is 0.847. The van der Waals surface area contributed by atoms with Crippen molar-refractivity contribution in [3.05, 3.63) is 42.2 Å². The molecule has 4 rings (SSSR count). The van der Waals surface area contributed by atoms with Crippen molar-refractivity contribution in [3.63, 3.8) is 0 Å². The van der Waals surface area contributed by atoms with E-state index < -0.39 is 5.60 Å².